The molecule has 174 valence electrons. The lowest BCUT2D eigenvalue weighted by Crippen LogP contribution is -2.46. The van der Waals surface area contributed by atoms with Crippen LogP contribution in [-0.2, 0) is 16.0 Å². The number of thioether (sulfide) groups is 1. The van der Waals surface area contributed by atoms with E-state index in [4.69, 9.17) is 34.8 Å². The summed E-state index contributed by atoms with van der Waals surface area (Å²) in [5, 5.41) is 4.14. The maximum atomic E-state index is 13.1. The SMILES string of the molecule is O=C(Nc1cc(Cl)cc(Cl)c1)C1CC(=O)N(CCc2ccc(Cl)cc2)C(=Nc2ccccc2)S1. The first-order chi connectivity index (χ1) is 16.4. The van der Waals surface area contributed by atoms with Gasteiger partial charge in [0.1, 0.15) is 5.25 Å². The van der Waals surface area contributed by atoms with E-state index < -0.39 is 5.25 Å². The lowest BCUT2D eigenvalue weighted by atomic mass is 10.1. The molecule has 1 unspecified atom stereocenters. The van der Waals surface area contributed by atoms with Crippen LogP contribution < -0.4 is 5.32 Å². The van der Waals surface area contributed by atoms with Gasteiger partial charge in [-0.3, -0.25) is 14.5 Å². The highest BCUT2D eigenvalue weighted by Gasteiger charge is 2.35. The number of nitrogens with one attached hydrogen (secondary N) is 1. The largest absolute Gasteiger partial charge is 0.325 e. The van der Waals surface area contributed by atoms with Crippen molar-refractivity contribution in [1.82, 2.24) is 4.90 Å². The molecule has 1 atom stereocenters. The number of amidine groups is 1. The quantitative estimate of drug-likeness (QED) is 0.378. The fraction of sp³-hybridized carbons (Fsp3) is 0.160. The number of nitrogens with zero attached hydrogens (tertiary/aromatic N) is 2. The number of anilines is 1. The first-order valence-electron chi connectivity index (χ1n) is 10.5. The minimum absolute atomic E-state index is 0.0548. The van der Waals surface area contributed by atoms with Crippen LogP contribution in [0.25, 0.3) is 0 Å². The predicted molar refractivity (Wildman–Crippen MR) is 141 cm³/mol. The van der Waals surface area contributed by atoms with E-state index in [0.29, 0.717) is 44.6 Å². The lowest BCUT2D eigenvalue weighted by molar-refractivity contribution is -0.129. The van der Waals surface area contributed by atoms with Crippen molar-refractivity contribution in [2.45, 2.75) is 18.1 Å². The number of carbonyl (C=O) groups excluding carboxylic acids is 2. The second-order valence-electron chi connectivity index (χ2n) is 7.61. The van der Waals surface area contributed by atoms with Gasteiger partial charge >= 0.3 is 0 Å². The van der Waals surface area contributed by atoms with Crippen LogP contribution in [0.5, 0.6) is 0 Å². The molecule has 0 radical (unpaired) electrons. The highest BCUT2D eigenvalue weighted by molar-refractivity contribution is 8.15. The Balaban J connectivity index is 1.54. The summed E-state index contributed by atoms with van der Waals surface area (Å²) in [6, 6.07) is 21.7. The van der Waals surface area contributed by atoms with Crippen molar-refractivity contribution in [3.8, 4) is 0 Å². The molecule has 2 amide bonds. The van der Waals surface area contributed by atoms with Gasteiger partial charge in [0.25, 0.3) is 0 Å². The summed E-state index contributed by atoms with van der Waals surface area (Å²) in [5.41, 5.74) is 2.23. The molecule has 34 heavy (non-hydrogen) atoms. The van der Waals surface area contributed by atoms with Gasteiger partial charge in [-0.05, 0) is 54.4 Å². The highest BCUT2D eigenvalue weighted by Crippen LogP contribution is 2.31. The maximum Gasteiger partial charge on any atom is 0.238 e. The second kappa shape index (κ2) is 11.3. The van der Waals surface area contributed by atoms with Crippen molar-refractivity contribution < 1.29 is 9.59 Å². The normalized spacial score (nSPS) is 17.1. The number of rotatable bonds is 6. The van der Waals surface area contributed by atoms with E-state index in [2.05, 4.69) is 10.3 Å². The van der Waals surface area contributed by atoms with Crippen molar-refractivity contribution >= 4 is 74.9 Å². The lowest BCUT2D eigenvalue weighted by Gasteiger charge is -2.32. The van der Waals surface area contributed by atoms with Crippen LogP contribution in [0, 0.1) is 0 Å². The summed E-state index contributed by atoms with van der Waals surface area (Å²) in [6.45, 7) is 0.442. The zero-order valence-electron chi connectivity index (χ0n) is 17.9. The van der Waals surface area contributed by atoms with E-state index in [9.17, 15) is 9.59 Å². The van der Waals surface area contributed by atoms with Crippen LogP contribution in [-0.4, -0.2) is 33.7 Å². The summed E-state index contributed by atoms with van der Waals surface area (Å²) in [6.07, 6.45) is 0.689. The second-order valence-corrected chi connectivity index (χ2v) is 10.1. The van der Waals surface area contributed by atoms with Gasteiger partial charge in [0, 0.05) is 33.7 Å². The number of hydrogen-bond acceptors (Lipinski definition) is 4. The van der Waals surface area contributed by atoms with Crippen molar-refractivity contribution in [3.05, 3.63) is 93.4 Å². The molecule has 3 aromatic carbocycles. The molecule has 4 rings (SSSR count). The zero-order valence-corrected chi connectivity index (χ0v) is 21.0. The first-order valence-corrected chi connectivity index (χ1v) is 12.5. The summed E-state index contributed by atoms with van der Waals surface area (Å²) in [7, 11) is 0. The molecule has 3 aromatic rings. The standard InChI is InChI=1S/C25H20Cl3N3O2S/c26-17-8-6-16(7-9-17)10-11-31-23(32)15-22(34-25(31)30-20-4-2-1-3-5-20)24(33)29-21-13-18(27)12-19(28)14-21/h1-9,12-14,22H,10-11,15H2,(H,29,33). The van der Waals surface area contributed by atoms with E-state index in [1.54, 1.807) is 23.1 Å². The minimum Gasteiger partial charge on any atom is -0.325 e. The number of halogens is 3. The van der Waals surface area contributed by atoms with Crippen LogP contribution >= 0.6 is 46.6 Å². The molecule has 0 saturated carbocycles. The number of carbonyl (C=O) groups is 2. The average molecular weight is 533 g/mol. The molecule has 0 aliphatic carbocycles. The van der Waals surface area contributed by atoms with E-state index >= 15 is 0 Å². The summed E-state index contributed by atoms with van der Waals surface area (Å²) >= 11 is 19.3. The molecule has 0 bridgehead atoms. The Kier molecular flexibility index (Phi) is 8.16. The average Bonchev–Trinajstić information content (AvgIpc) is 2.79. The molecule has 5 nitrogen and oxygen atoms in total. The van der Waals surface area contributed by atoms with Gasteiger partial charge in [-0.2, -0.15) is 0 Å². The van der Waals surface area contributed by atoms with E-state index in [1.165, 1.54) is 11.8 Å². The highest BCUT2D eigenvalue weighted by atomic mass is 35.5. The van der Waals surface area contributed by atoms with Gasteiger partial charge in [-0.1, -0.05) is 76.9 Å². The Morgan fingerprint density at radius 3 is 2.32 bits per heavy atom. The van der Waals surface area contributed by atoms with Gasteiger partial charge in [-0.25, -0.2) is 4.99 Å². The third-order valence-corrected chi connectivity index (χ3v) is 6.96. The molecule has 1 aliphatic rings. The van der Waals surface area contributed by atoms with Gasteiger partial charge < -0.3 is 5.32 Å². The van der Waals surface area contributed by atoms with Crippen molar-refractivity contribution in [2.24, 2.45) is 4.99 Å². The Morgan fingerprint density at radius 2 is 1.65 bits per heavy atom. The number of amides is 2. The summed E-state index contributed by atoms with van der Waals surface area (Å²) in [4.78, 5) is 32.5. The molecule has 1 heterocycles. The molecule has 1 aliphatic heterocycles. The van der Waals surface area contributed by atoms with Crippen LogP contribution in [0.3, 0.4) is 0 Å². The third-order valence-electron chi connectivity index (χ3n) is 5.08. The number of aliphatic imine (C=N–C) groups is 1. The van der Waals surface area contributed by atoms with Gasteiger partial charge in [-0.15, -0.1) is 0 Å². The van der Waals surface area contributed by atoms with Crippen LogP contribution in [0.1, 0.15) is 12.0 Å². The Bertz CT molecular complexity index is 1200. The van der Waals surface area contributed by atoms with Crippen molar-refractivity contribution in [2.75, 3.05) is 11.9 Å². The third kappa shape index (κ3) is 6.54. The van der Waals surface area contributed by atoms with E-state index in [0.717, 1.165) is 5.56 Å². The summed E-state index contributed by atoms with van der Waals surface area (Å²) in [5.74, 6) is -0.471. The van der Waals surface area contributed by atoms with E-state index in [1.807, 2.05) is 54.6 Å². The van der Waals surface area contributed by atoms with E-state index in [-0.39, 0.29) is 18.2 Å². The Hall–Kier alpha value is -2.51. The molecule has 0 spiro atoms. The topological polar surface area (TPSA) is 61.8 Å². The van der Waals surface area contributed by atoms with Gasteiger partial charge in [0.15, 0.2) is 5.17 Å². The van der Waals surface area contributed by atoms with Crippen molar-refractivity contribution in [3.63, 3.8) is 0 Å². The number of para-hydroxylation sites is 1. The van der Waals surface area contributed by atoms with Crippen LogP contribution in [0.15, 0.2) is 77.8 Å². The molecule has 1 fully saturated rings. The molecule has 1 saturated heterocycles. The Morgan fingerprint density at radius 1 is 0.971 bits per heavy atom. The van der Waals surface area contributed by atoms with Crippen LogP contribution in [0.4, 0.5) is 11.4 Å². The number of hydrogen-bond donors (Lipinski definition) is 1. The fourth-order valence-electron chi connectivity index (χ4n) is 3.41. The number of benzene rings is 3. The maximum absolute atomic E-state index is 13.1. The monoisotopic (exact) mass is 531 g/mol. The molecular formula is C25H20Cl3N3O2S. The molecule has 1 N–H and O–H groups in total. The molecule has 0 aromatic heterocycles. The molecular weight excluding hydrogens is 513 g/mol. The summed E-state index contributed by atoms with van der Waals surface area (Å²) < 4.78 is 0. The van der Waals surface area contributed by atoms with Crippen molar-refractivity contribution in [1.29, 1.82) is 0 Å². The predicted octanol–water partition coefficient (Wildman–Crippen LogP) is 6.85. The molecule has 9 heteroatoms. The van der Waals surface area contributed by atoms with Crippen LogP contribution in [0.2, 0.25) is 15.1 Å². The van der Waals surface area contributed by atoms with Gasteiger partial charge in [0.2, 0.25) is 11.8 Å². The first kappa shape index (κ1) is 24.6. The minimum atomic E-state index is -0.639. The van der Waals surface area contributed by atoms with Gasteiger partial charge in [0.05, 0.1) is 5.69 Å². The Labute approximate surface area is 217 Å². The zero-order chi connectivity index (χ0) is 24.1. The smallest absolute Gasteiger partial charge is 0.238 e. The fourth-order valence-corrected chi connectivity index (χ4v) is 5.19.